The van der Waals surface area contributed by atoms with Crippen LogP contribution in [0.4, 0.5) is 0 Å². The Morgan fingerprint density at radius 2 is 2.45 bits per heavy atom. The van der Waals surface area contributed by atoms with Gasteiger partial charge in [0.1, 0.15) is 0 Å². The van der Waals surface area contributed by atoms with Gasteiger partial charge in [-0.1, -0.05) is 0 Å². The van der Waals surface area contributed by atoms with E-state index in [1.807, 2.05) is 0 Å². The Bertz CT molecular complexity index is 271. The van der Waals surface area contributed by atoms with E-state index >= 15 is 0 Å². The van der Waals surface area contributed by atoms with Gasteiger partial charge in [0.15, 0.2) is 0 Å². The van der Waals surface area contributed by atoms with Crippen LogP contribution in [-0.4, -0.2) is 15.3 Å². The first-order chi connectivity index (χ1) is 5.34. The minimum absolute atomic E-state index is 0.00165. The second-order valence-electron chi connectivity index (χ2n) is 2.19. The fourth-order valence-corrected chi connectivity index (χ4v) is 0.929. The number of aromatic nitrogens is 2. The lowest BCUT2D eigenvalue weighted by molar-refractivity contribution is 0.645. The summed E-state index contributed by atoms with van der Waals surface area (Å²) in [6, 6.07) is 1.46. The third kappa shape index (κ3) is 2.38. The molecule has 1 aromatic heterocycles. The summed E-state index contributed by atoms with van der Waals surface area (Å²) in [5, 5.41) is 0. The van der Waals surface area contributed by atoms with E-state index in [-0.39, 0.29) is 5.56 Å². The molecule has 0 radical (unpaired) electrons. The minimum atomic E-state index is 0.00165. The van der Waals surface area contributed by atoms with Crippen LogP contribution in [-0.2, 0) is 6.54 Å². The van der Waals surface area contributed by atoms with Gasteiger partial charge in [-0.05, 0) is 12.2 Å². The topological polar surface area (TPSA) is 34.9 Å². The summed E-state index contributed by atoms with van der Waals surface area (Å²) in [7, 11) is 0. The Kier molecular flexibility index (Phi) is 3.16. The Labute approximate surface area is 70.5 Å². The molecule has 4 heteroatoms. The highest BCUT2D eigenvalue weighted by molar-refractivity contribution is 7.80. The second kappa shape index (κ2) is 4.18. The van der Waals surface area contributed by atoms with E-state index in [9.17, 15) is 4.79 Å². The van der Waals surface area contributed by atoms with Crippen LogP contribution in [0, 0.1) is 0 Å². The van der Waals surface area contributed by atoms with E-state index in [1.165, 1.54) is 12.3 Å². The van der Waals surface area contributed by atoms with Crippen LogP contribution in [0.5, 0.6) is 0 Å². The van der Waals surface area contributed by atoms with Crippen molar-refractivity contribution in [1.29, 1.82) is 0 Å². The molecule has 0 aliphatic heterocycles. The molecule has 0 spiro atoms. The number of aryl methyl sites for hydroxylation is 1. The van der Waals surface area contributed by atoms with Crippen LogP contribution < -0.4 is 5.56 Å². The highest BCUT2D eigenvalue weighted by Gasteiger charge is 1.91. The van der Waals surface area contributed by atoms with Gasteiger partial charge in [-0.25, -0.2) is 4.98 Å². The van der Waals surface area contributed by atoms with Gasteiger partial charge >= 0.3 is 0 Å². The Balaban J connectivity index is 2.70. The lowest BCUT2D eigenvalue weighted by Crippen LogP contribution is -2.18. The summed E-state index contributed by atoms with van der Waals surface area (Å²) in [6.07, 6.45) is 3.94. The van der Waals surface area contributed by atoms with Crippen LogP contribution in [0.2, 0.25) is 0 Å². The van der Waals surface area contributed by atoms with Crippen molar-refractivity contribution in [3.63, 3.8) is 0 Å². The third-order valence-corrected chi connectivity index (χ3v) is 1.67. The highest BCUT2D eigenvalue weighted by atomic mass is 32.1. The molecule has 11 heavy (non-hydrogen) atoms. The number of nitrogens with zero attached hydrogens (tertiary/aromatic N) is 2. The molecule has 0 N–H and O–H groups in total. The quantitative estimate of drug-likeness (QED) is 0.673. The predicted octanol–water partition coefficient (Wildman–Crippen LogP) is 0.563. The summed E-state index contributed by atoms with van der Waals surface area (Å²) in [4.78, 5) is 14.9. The molecule has 0 aromatic carbocycles. The maximum Gasteiger partial charge on any atom is 0.253 e. The van der Waals surface area contributed by atoms with Gasteiger partial charge in [-0.3, -0.25) is 9.36 Å². The molecule has 1 rings (SSSR count). The zero-order valence-corrected chi connectivity index (χ0v) is 7.00. The van der Waals surface area contributed by atoms with Crippen LogP contribution in [0.25, 0.3) is 0 Å². The smallest absolute Gasteiger partial charge is 0.253 e. The Morgan fingerprint density at radius 3 is 3.09 bits per heavy atom. The summed E-state index contributed by atoms with van der Waals surface area (Å²) < 4.78 is 1.58. The molecule has 3 nitrogen and oxygen atoms in total. The number of hydrogen-bond donors (Lipinski definition) is 1. The van der Waals surface area contributed by atoms with Crippen LogP contribution in [0.3, 0.4) is 0 Å². The second-order valence-corrected chi connectivity index (χ2v) is 2.64. The monoisotopic (exact) mass is 170 g/mol. The van der Waals surface area contributed by atoms with Crippen molar-refractivity contribution in [1.82, 2.24) is 9.55 Å². The fraction of sp³-hybridized carbons (Fsp3) is 0.429. The van der Waals surface area contributed by atoms with Crippen molar-refractivity contribution in [3.05, 3.63) is 28.9 Å². The molecule has 0 atom stereocenters. The number of hydrogen-bond acceptors (Lipinski definition) is 3. The van der Waals surface area contributed by atoms with Crippen molar-refractivity contribution < 1.29 is 0 Å². The van der Waals surface area contributed by atoms with Crippen molar-refractivity contribution in [2.75, 3.05) is 5.75 Å². The molecule has 0 aliphatic carbocycles. The maximum atomic E-state index is 11.0. The average Bonchev–Trinajstić information content (AvgIpc) is 2.03. The van der Waals surface area contributed by atoms with Gasteiger partial charge in [0.05, 0.1) is 6.33 Å². The van der Waals surface area contributed by atoms with Gasteiger partial charge in [0.25, 0.3) is 5.56 Å². The first-order valence-electron chi connectivity index (χ1n) is 3.46. The van der Waals surface area contributed by atoms with Crippen LogP contribution in [0.15, 0.2) is 23.4 Å². The lowest BCUT2D eigenvalue weighted by atomic mass is 10.4. The van der Waals surface area contributed by atoms with E-state index in [4.69, 9.17) is 0 Å². The third-order valence-electron chi connectivity index (χ3n) is 1.35. The lowest BCUT2D eigenvalue weighted by Gasteiger charge is -2.00. The first kappa shape index (κ1) is 8.33. The van der Waals surface area contributed by atoms with Crippen molar-refractivity contribution >= 4 is 12.6 Å². The van der Waals surface area contributed by atoms with Gasteiger partial charge in [-0.15, -0.1) is 0 Å². The van der Waals surface area contributed by atoms with Gasteiger partial charge in [0, 0.05) is 18.8 Å². The highest BCUT2D eigenvalue weighted by Crippen LogP contribution is 1.87. The summed E-state index contributed by atoms with van der Waals surface area (Å²) in [5.74, 6) is 0.793. The molecule has 0 unspecified atom stereocenters. The average molecular weight is 170 g/mol. The van der Waals surface area contributed by atoms with Crippen molar-refractivity contribution in [2.45, 2.75) is 13.0 Å². The fourth-order valence-electron chi connectivity index (χ4n) is 0.787. The van der Waals surface area contributed by atoms with Gasteiger partial charge in [0.2, 0.25) is 0 Å². The van der Waals surface area contributed by atoms with Crippen LogP contribution >= 0.6 is 12.6 Å². The zero-order valence-electron chi connectivity index (χ0n) is 6.10. The summed E-state index contributed by atoms with van der Waals surface area (Å²) in [5.41, 5.74) is 0.00165. The molecule has 1 aromatic rings. The van der Waals surface area contributed by atoms with Gasteiger partial charge in [-0.2, -0.15) is 12.6 Å². The van der Waals surface area contributed by atoms with E-state index < -0.39 is 0 Å². The number of rotatable bonds is 3. The van der Waals surface area contributed by atoms with E-state index in [1.54, 1.807) is 10.9 Å². The van der Waals surface area contributed by atoms with Crippen molar-refractivity contribution in [2.24, 2.45) is 0 Å². The van der Waals surface area contributed by atoms with Gasteiger partial charge < -0.3 is 0 Å². The normalized spacial score (nSPS) is 9.91. The molecule has 0 aliphatic rings. The standard InChI is InChI=1S/C7H10N2OS/c10-7-2-3-8-6-9(7)4-1-5-11/h2-3,6,11H,1,4-5H2. The minimum Gasteiger partial charge on any atom is -0.299 e. The molecule has 1 heterocycles. The largest absolute Gasteiger partial charge is 0.299 e. The molecule has 0 amide bonds. The molecule has 0 bridgehead atoms. The summed E-state index contributed by atoms with van der Waals surface area (Å²) in [6.45, 7) is 0.705. The number of thiol groups is 1. The zero-order chi connectivity index (χ0) is 8.10. The Morgan fingerprint density at radius 1 is 1.64 bits per heavy atom. The maximum absolute atomic E-state index is 11.0. The summed E-state index contributed by atoms with van der Waals surface area (Å²) >= 11 is 4.05. The molecular formula is C7H10N2OS. The predicted molar refractivity (Wildman–Crippen MR) is 47.0 cm³/mol. The molecule has 60 valence electrons. The molecule has 0 saturated carbocycles. The van der Waals surface area contributed by atoms with E-state index in [0.29, 0.717) is 6.54 Å². The molecule has 0 saturated heterocycles. The molecule has 0 fully saturated rings. The van der Waals surface area contributed by atoms with Crippen LogP contribution in [0.1, 0.15) is 6.42 Å². The van der Waals surface area contributed by atoms with Crippen molar-refractivity contribution in [3.8, 4) is 0 Å². The van der Waals surface area contributed by atoms with E-state index in [2.05, 4.69) is 17.6 Å². The first-order valence-corrected chi connectivity index (χ1v) is 4.09. The Hall–Kier alpha value is -0.770. The molecular weight excluding hydrogens is 160 g/mol. The van der Waals surface area contributed by atoms with E-state index in [0.717, 1.165) is 12.2 Å². The SMILES string of the molecule is O=c1ccncn1CCCS.